The molecule has 0 amide bonds. The van der Waals surface area contributed by atoms with Crippen LogP contribution in [0.15, 0.2) is 24.3 Å². The van der Waals surface area contributed by atoms with Crippen molar-refractivity contribution in [3.63, 3.8) is 0 Å². The SMILES string of the molecule is C#Cc1c(F)ccc2cc(O)cc(-c3nc(OC)c4c(N5CC(O)CO[C@@H](CO)C5)nc(OCC56CCCC5N(CC5CC(OC)C5)CCC6)nc4c3F)c12. The van der Waals surface area contributed by atoms with Gasteiger partial charge in [-0.3, -0.25) is 4.90 Å². The summed E-state index contributed by atoms with van der Waals surface area (Å²) in [6, 6.07) is 5.60. The molecule has 3 N–H and O–H groups in total. The zero-order chi connectivity index (χ0) is 38.4. The Morgan fingerprint density at radius 3 is 2.65 bits per heavy atom. The van der Waals surface area contributed by atoms with Crippen LogP contribution >= 0.6 is 0 Å². The monoisotopic (exact) mass is 759 g/mol. The predicted octanol–water partition coefficient (Wildman–Crippen LogP) is 4.82. The summed E-state index contributed by atoms with van der Waals surface area (Å²) in [6.45, 7) is 2.21. The third-order valence-corrected chi connectivity index (χ3v) is 12.2. The fourth-order valence-electron chi connectivity index (χ4n) is 9.47. The molecule has 8 rings (SSSR count). The molecule has 2 aromatic heterocycles. The molecule has 2 aromatic carbocycles. The lowest BCUT2D eigenvalue weighted by Gasteiger charge is -2.48. The van der Waals surface area contributed by atoms with Gasteiger partial charge in [0, 0.05) is 49.2 Å². The number of aliphatic hydroxyl groups excluding tert-OH is 2. The van der Waals surface area contributed by atoms with Gasteiger partial charge >= 0.3 is 6.01 Å². The number of halogens is 2. The molecule has 55 heavy (non-hydrogen) atoms. The number of anilines is 1. The normalized spacial score (nSPS) is 27.1. The lowest BCUT2D eigenvalue weighted by molar-refractivity contribution is -0.0457. The summed E-state index contributed by atoms with van der Waals surface area (Å²) in [5, 5.41) is 32.3. The van der Waals surface area contributed by atoms with Crippen LogP contribution < -0.4 is 14.4 Å². The lowest BCUT2D eigenvalue weighted by atomic mass is 9.74. The van der Waals surface area contributed by atoms with Gasteiger partial charge in [0.15, 0.2) is 5.82 Å². The number of phenols is 1. The first-order chi connectivity index (χ1) is 26.6. The number of ether oxygens (including phenoxy) is 4. The molecule has 2 saturated carbocycles. The molecule has 4 heterocycles. The topological polar surface area (TPSA) is 143 Å². The van der Waals surface area contributed by atoms with Crippen molar-refractivity contribution in [2.24, 2.45) is 11.3 Å². The molecule has 4 fully saturated rings. The van der Waals surface area contributed by atoms with Gasteiger partial charge in [0.05, 0.1) is 50.8 Å². The van der Waals surface area contributed by atoms with Crippen LogP contribution in [0.1, 0.15) is 50.5 Å². The van der Waals surface area contributed by atoms with E-state index in [-0.39, 0.29) is 88.3 Å². The Morgan fingerprint density at radius 1 is 1.07 bits per heavy atom. The van der Waals surface area contributed by atoms with Crippen molar-refractivity contribution in [1.29, 1.82) is 0 Å². The maximum absolute atomic E-state index is 17.3. The molecule has 2 saturated heterocycles. The second-order valence-corrected chi connectivity index (χ2v) is 15.5. The van der Waals surface area contributed by atoms with Crippen molar-refractivity contribution in [3.8, 4) is 41.2 Å². The van der Waals surface area contributed by atoms with Crippen LogP contribution in [0.2, 0.25) is 0 Å². The number of fused-ring (bicyclic) bond motifs is 3. The summed E-state index contributed by atoms with van der Waals surface area (Å²) < 4.78 is 56.0. The van der Waals surface area contributed by atoms with Crippen molar-refractivity contribution in [1.82, 2.24) is 19.9 Å². The summed E-state index contributed by atoms with van der Waals surface area (Å²) in [4.78, 5) is 18.4. The third-order valence-electron chi connectivity index (χ3n) is 12.2. The maximum atomic E-state index is 17.3. The second kappa shape index (κ2) is 15.3. The largest absolute Gasteiger partial charge is 0.508 e. The van der Waals surface area contributed by atoms with Crippen molar-refractivity contribution in [2.45, 2.75) is 69.3 Å². The molecule has 4 aromatic rings. The number of aromatic nitrogens is 3. The molecule has 4 aliphatic rings. The minimum absolute atomic E-state index is 0.0198. The zero-order valence-corrected chi connectivity index (χ0v) is 31.1. The number of pyridine rings is 1. The van der Waals surface area contributed by atoms with E-state index in [1.165, 1.54) is 31.4 Å². The van der Waals surface area contributed by atoms with Crippen molar-refractivity contribution >= 4 is 27.5 Å². The lowest BCUT2D eigenvalue weighted by Crippen LogP contribution is -2.54. The van der Waals surface area contributed by atoms with Gasteiger partial charge in [-0.25, -0.2) is 13.8 Å². The van der Waals surface area contributed by atoms with E-state index in [0.717, 1.165) is 58.0 Å². The molecule has 2 aliphatic heterocycles. The molecule has 0 radical (unpaired) electrons. The summed E-state index contributed by atoms with van der Waals surface area (Å²) in [7, 11) is 3.15. The molecule has 4 atom stereocenters. The molecular formula is C41H47F2N5O7. The highest BCUT2D eigenvalue weighted by Gasteiger charge is 2.49. The number of benzene rings is 2. The van der Waals surface area contributed by atoms with Gasteiger partial charge in [-0.2, -0.15) is 9.97 Å². The second-order valence-electron chi connectivity index (χ2n) is 15.5. The Hall–Kier alpha value is -4.39. The molecule has 0 spiro atoms. The van der Waals surface area contributed by atoms with Gasteiger partial charge in [0.2, 0.25) is 5.88 Å². The first kappa shape index (κ1) is 37.5. The van der Waals surface area contributed by atoms with Gasteiger partial charge in [0.1, 0.15) is 34.0 Å². The Balaban J connectivity index is 1.24. The number of aromatic hydroxyl groups is 1. The molecule has 3 unspecified atom stereocenters. The maximum Gasteiger partial charge on any atom is 0.319 e. The first-order valence-corrected chi connectivity index (χ1v) is 19.1. The average Bonchev–Trinajstić information content (AvgIpc) is 3.52. The summed E-state index contributed by atoms with van der Waals surface area (Å²) in [5.74, 6) is 1.30. The van der Waals surface area contributed by atoms with Gasteiger partial charge in [-0.05, 0) is 74.6 Å². The Kier molecular flexibility index (Phi) is 10.4. The number of likely N-dealkylation sites (tertiary alicyclic amines) is 1. The van der Waals surface area contributed by atoms with E-state index in [1.54, 1.807) is 12.0 Å². The highest BCUT2D eigenvalue weighted by Crippen LogP contribution is 2.49. The van der Waals surface area contributed by atoms with Crippen molar-refractivity contribution in [3.05, 3.63) is 41.5 Å². The zero-order valence-electron chi connectivity index (χ0n) is 31.1. The fourth-order valence-corrected chi connectivity index (χ4v) is 9.47. The van der Waals surface area contributed by atoms with Crippen molar-refractivity contribution < 1.29 is 43.0 Å². The molecule has 14 heteroatoms. The van der Waals surface area contributed by atoms with Crippen LogP contribution in [0.4, 0.5) is 14.6 Å². The van der Waals surface area contributed by atoms with E-state index in [2.05, 4.69) is 20.8 Å². The van der Waals surface area contributed by atoms with Gasteiger partial charge in [-0.15, -0.1) is 6.42 Å². The molecule has 0 bridgehead atoms. The smallest absolute Gasteiger partial charge is 0.319 e. The minimum Gasteiger partial charge on any atom is -0.508 e. The number of hydrogen-bond acceptors (Lipinski definition) is 12. The molecule has 12 nitrogen and oxygen atoms in total. The van der Waals surface area contributed by atoms with E-state index >= 15 is 8.78 Å². The number of piperidine rings is 1. The van der Waals surface area contributed by atoms with Crippen LogP contribution in [0.5, 0.6) is 17.6 Å². The predicted molar refractivity (Wildman–Crippen MR) is 201 cm³/mol. The number of methoxy groups -OCH3 is 2. The fraction of sp³-hybridized carbons (Fsp3) is 0.537. The number of rotatable bonds is 10. The Labute approximate surface area is 318 Å². The number of nitrogens with zero attached hydrogens (tertiary/aromatic N) is 5. The van der Waals surface area contributed by atoms with Crippen molar-refractivity contribution in [2.75, 3.05) is 65.1 Å². The molecule has 2 aliphatic carbocycles. The summed E-state index contributed by atoms with van der Waals surface area (Å²) in [5.41, 5.74) is -0.678. The number of terminal acetylenes is 1. The van der Waals surface area contributed by atoms with E-state index in [0.29, 0.717) is 30.1 Å². The summed E-state index contributed by atoms with van der Waals surface area (Å²) >= 11 is 0. The standard InChI is InChI=1S/C41H47F2N5O7/c1-4-29-31(42)9-8-24-15-25(50)16-30(33(24)29)36-35(43)37-34(39(44-36)53-3)38(48-18-26(51)21-54-28(19-48)20-49)46-40(45-37)55-22-41-10-5-7-32(41)47(12-6-11-41)17-23-13-27(14-23)52-2/h1,8-9,15-16,23,26-28,32,49-51H,5-7,10-14,17-22H2,2-3H3/t23?,26?,27?,28-,32?,41?/m1/s1. The minimum atomic E-state index is -0.953. The van der Waals surface area contributed by atoms with Crippen LogP contribution in [0.25, 0.3) is 32.9 Å². The van der Waals surface area contributed by atoms with Crippen LogP contribution in [-0.2, 0) is 9.47 Å². The highest BCUT2D eigenvalue weighted by molar-refractivity contribution is 6.04. The van der Waals surface area contributed by atoms with Gasteiger partial charge in [0.25, 0.3) is 0 Å². The van der Waals surface area contributed by atoms with E-state index in [4.69, 9.17) is 30.4 Å². The number of aliphatic hydroxyl groups is 2. The van der Waals surface area contributed by atoms with E-state index in [9.17, 15) is 15.3 Å². The number of hydrogen-bond donors (Lipinski definition) is 3. The van der Waals surface area contributed by atoms with Gasteiger partial charge < -0.3 is 39.2 Å². The van der Waals surface area contributed by atoms with E-state index < -0.39 is 23.8 Å². The summed E-state index contributed by atoms with van der Waals surface area (Å²) in [6.07, 6.45) is 11.8. The van der Waals surface area contributed by atoms with Crippen LogP contribution in [-0.4, -0.2) is 120 Å². The molecule has 292 valence electrons. The average molecular weight is 760 g/mol. The Bertz CT molecular complexity index is 2130. The van der Waals surface area contributed by atoms with Crippen LogP contribution in [0, 0.1) is 35.3 Å². The highest BCUT2D eigenvalue weighted by atomic mass is 19.1. The number of β-amino-alcohol motifs (C(OH)–C–C–N with tert-alkyl or cyclic N) is 1. The number of phenolic OH excluding ortho intramolecular Hbond substituents is 1. The molecular weight excluding hydrogens is 712 g/mol. The van der Waals surface area contributed by atoms with Crippen LogP contribution in [0.3, 0.4) is 0 Å². The van der Waals surface area contributed by atoms with Gasteiger partial charge in [-0.1, -0.05) is 18.4 Å². The third kappa shape index (κ3) is 6.91. The quantitative estimate of drug-likeness (QED) is 0.191. The Morgan fingerprint density at radius 2 is 1.89 bits per heavy atom. The first-order valence-electron chi connectivity index (χ1n) is 19.1. The van der Waals surface area contributed by atoms with E-state index in [1.807, 2.05) is 0 Å².